The maximum atomic E-state index is 10.6. The molecular weight excluding hydrogens is 282 g/mol. The quantitative estimate of drug-likeness (QED) is 0.760. The van der Waals surface area contributed by atoms with Crippen LogP contribution >= 0.6 is 0 Å². The van der Waals surface area contributed by atoms with Crippen molar-refractivity contribution in [2.24, 2.45) is 0 Å². The van der Waals surface area contributed by atoms with Gasteiger partial charge in [0.1, 0.15) is 5.75 Å². The van der Waals surface area contributed by atoms with Crippen LogP contribution < -0.4 is 5.32 Å². The SMILES string of the molecule is CC[C@H](C)NCC[C@@H](c1ccccc1)c1ccc(C)c(C)c1O. The Morgan fingerprint density at radius 1 is 1.04 bits per heavy atom. The van der Waals surface area contributed by atoms with E-state index in [1.54, 1.807) is 0 Å². The fourth-order valence-electron chi connectivity index (χ4n) is 2.91. The second-order valence-corrected chi connectivity index (χ2v) is 6.46. The van der Waals surface area contributed by atoms with Crippen LogP contribution in [0.15, 0.2) is 42.5 Å². The summed E-state index contributed by atoms with van der Waals surface area (Å²) in [6, 6.07) is 15.2. The van der Waals surface area contributed by atoms with E-state index in [2.05, 4.69) is 55.6 Å². The van der Waals surface area contributed by atoms with Crippen molar-refractivity contribution in [2.45, 2.75) is 52.5 Å². The summed E-state index contributed by atoms with van der Waals surface area (Å²) in [4.78, 5) is 0. The highest BCUT2D eigenvalue weighted by Crippen LogP contribution is 2.36. The van der Waals surface area contributed by atoms with E-state index in [-0.39, 0.29) is 5.92 Å². The first kappa shape index (κ1) is 17.6. The summed E-state index contributed by atoms with van der Waals surface area (Å²) in [7, 11) is 0. The van der Waals surface area contributed by atoms with Crippen LogP contribution in [0.2, 0.25) is 0 Å². The molecule has 2 N–H and O–H groups in total. The van der Waals surface area contributed by atoms with Crippen LogP contribution in [0.5, 0.6) is 5.75 Å². The van der Waals surface area contributed by atoms with Crippen molar-refractivity contribution in [3.05, 3.63) is 64.7 Å². The van der Waals surface area contributed by atoms with Gasteiger partial charge < -0.3 is 10.4 Å². The number of hydrogen-bond donors (Lipinski definition) is 2. The van der Waals surface area contributed by atoms with Crippen molar-refractivity contribution in [1.82, 2.24) is 5.32 Å². The van der Waals surface area contributed by atoms with Crippen molar-refractivity contribution in [3.63, 3.8) is 0 Å². The van der Waals surface area contributed by atoms with Crippen LogP contribution in [0.3, 0.4) is 0 Å². The smallest absolute Gasteiger partial charge is 0.122 e. The monoisotopic (exact) mass is 311 g/mol. The predicted molar refractivity (Wildman–Crippen MR) is 98.2 cm³/mol. The third-order valence-corrected chi connectivity index (χ3v) is 4.85. The summed E-state index contributed by atoms with van der Waals surface area (Å²) >= 11 is 0. The van der Waals surface area contributed by atoms with Crippen LogP contribution in [0.4, 0.5) is 0 Å². The Balaban J connectivity index is 2.29. The minimum Gasteiger partial charge on any atom is -0.507 e. The first-order chi connectivity index (χ1) is 11.0. The molecule has 2 heteroatoms. The van der Waals surface area contributed by atoms with Gasteiger partial charge in [-0.05, 0) is 56.8 Å². The van der Waals surface area contributed by atoms with E-state index in [1.807, 2.05) is 19.9 Å². The molecule has 0 spiro atoms. The molecule has 0 fully saturated rings. The Morgan fingerprint density at radius 3 is 2.39 bits per heavy atom. The fourth-order valence-corrected chi connectivity index (χ4v) is 2.91. The van der Waals surface area contributed by atoms with Crippen LogP contribution in [0.1, 0.15) is 54.9 Å². The van der Waals surface area contributed by atoms with Gasteiger partial charge in [0.25, 0.3) is 0 Å². The van der Waals surface area contributed by atoms with Gasteiger partial charge in [-0.25, -0.2) is 0 Å². The van der Waals surface area contributed by atoms with Crippen molar-refractivity contribution >= 4 is 0 Å². The van der Waals surface area contributed by atoms with Crippen LogP contribution in [0.25, 0.3) is 0 Å². The number of phenolic OH excluding ortho intramolecular Hbond substituents is 1. The highest BCUT2D eigenvalue weighted by atomic mass is 16.3. The molecule has 0 saturated carbocycles. The largest absolute Gasteiger partial charge is 0.507 e. The van der Waals surface area contributed by atoms with Gasteiger partial charge in [0.2, 0.25) is 0 Å². The van der Waals surface area contributed by atoms with E-state index in [4.69, 9.17) is 0 Å². The van der Waals surface area contributed by atoms with E-state index < -0.39 is 0 Å². The molecule has 0 bridgehead atoms. The summed E-state index contributed by atoms with van der Waals surface area (Å²) in [6.07, 6.45) is 2.11. The average Bonchev–Trinajstić information content (AvgIpc) is 2.58. The molecule has 0 heterocycles. The van der Waals surface area contributed by atoms with Crippen molar-refractivity contribution in [3.8, 4) is 5.75 Å². The molecule has 0 aliphatic carbocycles. The minimum absolute atomic E-state index is 0.215. The molecule has 0 radical (unpaired) electrons. The first-order valence-corrected chi connectivity index (χ1v) is 8.62. The van der Waals surface area contributed by atoms with Gasteiger partial charge in [-0.2, -0.15) is 0 Å². The van der Waals surface area contributed by atoms with Gasteiger partial charge >= 0.3 is 0 Å². The Kier molecular flexibility index (Phi) is 6.23. The van der Waals surface area contributed by atoms with Crippen molar-refractivity contribution in [2.75, 3.05) is 6.54 Å². The molecule has 2 atom stereocenters. The Morgan fingerprint density at radius 2 is 1.74 bits per heavy atom. The van der Waals surface area contributed by atoms with Crippen molar-refractivity contribution < 1.29 is 5.11 Å². The average molecular weight is 311 g/mol. The minimum atomic E-state index is 0.215. The van der Waals surface area contributed by atoms with Crippen molar-refractivity contribution in [1.29, 1.82) is 0 Å². The van der Waals surface area contributed by atoms with Gasteiger partial charge in [0, 0.05) is 17.5 Å². The highest BCUT2D eigenvalue weighted by molar-refractivity contribution is 5.48. The molecule has 23 heavy (non-hydrogen) atoms. The molecule has 0 saturated heterocycles. The molecule has 2 nitrogen and oxygen atoms in total. The summed E-state index contributed by atoms with van der Waals surface area (Å²) in [6.45, 7) is 9.39. The first-order valence-electron chi connectivity index (χ1n) is 8.62. The Labute approximate surface area is 140 Å². The molecule has 2 aromatic carbocycles. The number of benzene rings is 2. The lowest BCUT2D eigenvalue weighted by Gasteiger charge is -2.22. The molecule has 2 rings (SSSR count). The lowest BCUT2D eigenvalue weighted by Crippen LogP contribution is -2.27. The van der Waals surface area contributed by atoms with E-state index in [9.17, 15) is 5.11 Å². The summed E-state index contributed by atoms with van der Waals surface area (Å²) in [5.74, 6) is 0.662. The zero-order valence-corrected chi connectivity index (χ0v) is 14.8. The fraction of sp³-hybridized carbons (Fsp3) is 0.429. The van der Waals surface area contributed by atoms with E-state index in [0.717, 1.165) is 36.1 Å². The Bertz CT molecular complexity index is 621. The number of phenols is 1. The van der Waals surface area contributed by atoms with Gasteiger partial charge in [-0.1, -0.05) is 49.4 Å². The van der Waals surface area contributed by atoms with Gasteiger partial charge in [-0.3, -0.25) is 0 Å². The number of hydrogen-bond acceptors (Lipinski definition) is 2. The van der Waals surface area contributed by atoms with Crippen LogP contribution in [-0.4, -0.2) is 17.7 Å². The maximum Gasteiger partial charge on any atom is 0.122 e. The molecule has 2 aromatic rings. The normalized spacial score (nSPS) is 13.7. The second kappa shape index (κ2) is 8.16. The van der Waals surface area contributed by atoms with Crippen LogP contribution in [-0.2, 0) is 0 Å². The number of aromatic hydroxyl groups is 1. The van der Waals surface area contributed by atoms with E-state index in [1.165, 1.54) is 5.56 Å². The van der Waals surface area contributed by atoms with E-state index >= 15 is 0 Å². The molecule has 0 unspecified atom stereocenters. The molecular formula is C21H29NO. The standard InChI is InChI=1S/C21H29NO/c1-5-16(3)22-14-13-19(18-9-7-6-8-10-18)20-12-11-15(2)17(4)21(20)23/h6-12,16,19,22-23H,5,13-14H2,1-4H3/t16-,19-/m0/s1. The third-order valence-electron chi connectivity index (χ3n) is 4.85. The summed E-state index contributed by atoms with van der Waals surface area (Å²) in [5.41, 5.74) is 4.41. The number of nitrogens with one attached hydrogen (secondary N) is 1. The van der Waals surface area contributed by atoms with E-state index in [0.29, 0.717) is 11.8 Å². The molecule has 0 aliphatic heterocycles. The number of aryl methyl sites for hydroxylation is 1. The Hall–Kier alpha value is -1.80. The van der Waals surface area contributed by atoms with Crippen LogP contribution in [0, 0.1) is 13.8 Å². The highest BCUT2D eigenvalue weighted by Gasteiger charge is 2.19. The molecule has 0 amide bonds. The molecule has 0 aliphatic rings. The topological polar surface area (TPSA) is 32.3 Å². The summed E-state index contributed by atoms with van der Waals surface area (Å²) in [5, 5.41) is 14.2. The molecule has 0 aromatic heterocycles. The predicted octanol–water partition coefficient (Wildman–Crippen LogP) is 4.92. The lowest BCUT2D eigenvalue weighted by molar-refractivity contribution is 0.453. The van der Waals surface area contributed by atoms with Gasteiger partial charge in [-0.15, -0.1) is 0 Å². The van der Waals surface area contributed by atoms with Gasteiger partial charge in [0.15, 0.2) is 0 Å². The third kappa shape index (κ3) is 4.35. The zero-order valence-electron chi connectivity index (χ0n) is 14.8. The molecule has 124 valence electrons. The maximum absolute atomic E-state index is 10.6. The second-order valence-electron chi connectivity index (χ2n) is 6.46. The van der Waals surface area contributed by atoms with Gasteiger partial charge in [0.05, 0.1) is 0 Å². The number of rotatable bonds is 7. The lowest BCUT2D eigenvalue weighted by atomic mass is 9.86. The summed E-state index contributed by atoms with van der Waals surface area (Å²) < 4.78 is 0. The zero-order chi connectivity index (χ0) is 16.8.